The highest BCUT2D eigenvalue weighted by atomic mass is 79.9. The van der Waals surface area contributed by atoms with Crippen molar-refractivity contribution in [3.63, 3.8) is 0 Å². The Morgan fingerprint density at radius 3 is 2.64 bits per heavy atom. The summed E-state index contributed by atoms with van der Waals surface area (Å²) in [6.07, 6.45) is -2.50. The van der Waals surface area contributed by atoms with Gasteiger partial charge in [0.05, 0.1) is 0 Å². The number of ether oxygens (including phenoxy) is 1. The van der Waals surface area contributed by atoms with Gasteiger partial charge in [-0.15, -0.1) is 0 Å². The number of carboxylic acid groups (broad SMARTS) is 1. The van der Waals surface area contributed by atoms with Gasteiger partial charge >= 0.3 is 12.3 Å². The lowest BCUT2D eigenvalue weighted by molar-refractivity contribution is -0.153. The smallest absolute Gasteiger partial charge is 0.378 e. The van der Waals surface area contributed by atoms with Gasteiger partial charge in [-0.05, 0) is 12.1 Å². The van der Waals surface area contributed by atoms with Crippen LogP contribution in [-0.4, -0.2) is 17.4 Å². The average molecular weight is 267 g/mol. The van der Waals surface area contributed by atoms with Crippen molar-refractivity contribution in [2.24, 2.45) is 0 Å². The van der Waals surface area contributed by atoms with E-state index < -0.39 is 18.1 Å². The topological polar surface area (TPSA) is 46.5 Å². The zero-order valence-corrected chi connectivity index (χ0v) is 8.29. The maximum absolute atomic E-state index is 12.7. The second kappa shape index (κ2) is 4.36. The van der Waals surface area contributed by atoms with Crippen LogP contribution in [0.5, 0.6) is 5.75 Å². The van der Waals surface area contributed by atoms with Crippen LogP contribution in [0.25, 0.3) is 0 Å². The van der Waals surface area contributed by atoms with Crippen LogP contribution in [0.1, 0.15) is 0 Å². The van der Waals surface area contributed by atoms with Gasteiger partial charge in [-0.2, -0.15) is 4.39 Å². The molecule has 14 heavy (non-hydrogen) atoms. The highest BCUT2D eigenvalue weighted by molar-refractivity contribution is 9.10. The van der Waals surface area contributed by atoms with Gasteiger partial charge in [-0.1, -0.05) is 15.9 Å². The van der Waals surface area contributed by atoms with Crippen molar-refractivity contribution in [2.75, 3.05) is 0 Å². The fraction of sp³-hybridized carbons (Fsp3) is 0.125. The molecule has 76 valence electrons. The molecule has 0 amide bonds. The van der Waals surface area contributed by atoms with Crippen molar-refractivity contribution in [3.05, 3.63) is 28.5 Å². The highest BCUT2D eigenvalue weighted by Crippen LogP contribution is 2.21. The lowest BCUT2D eigenvalue weighted by atomic mass is 10.3. The number of carboxylic acids is 1. The molecule has 0 aliphatic rings. The third-order valence-electron chi connectivity index (χ3n) is 1.27. The summed E-state index contributed by atoms with van der Waals surface area (Å²) in [5.41, 5.74) is 0. The third-order valence-corrected chi connectivity index (χ3v) is 1.73. The molecule has 0 radical (unpaired) electrons. The summed E-state index contributed by atoms with van der Waals surface area (Å²) in [6, 6.07) is 3.29. The van der Waals surface area contributed by atoms with Crippen molar-refractivity contribution in [2.45, 2.75) is 6.36 Å². The molecule has 1 aromatic carbocycles. The van der Waals surface area contributed by atoms with Gasteiger partial charge in [0.15, 0.2) is 0 Å². The predicted molar refractivity (Wildman–Crippen MR) is 47.3 cm³/mol. The Kier molecular flexibility index (Phi) is 3.40. The summed E-state index contributed by atoms with van der Waals surface area (Å²) >= 11 is 2.95. The standard InChI is InChI=1S/C8H5BrF2O3/c9-4-1-5(10)3-6(2-4)14-7(11)8(12)13/h1-3,7H,(H,12,13). The van der Waals surface area contributed by atoms with E-state index in [0.29, 0.717) is 4.47 Å². The Bertz CT molecular complexity index is 336. The number of hydrogen-bond donors (Lipinski definition) is 1. The van der Waals surface area contributed by atoms with Gasteiger partial charge in [0, 0.05) is 10.5 Å². The molecule has 6 heteroatoms. The van der Waals surface area contributed by atoms with Gasteiger partial charge < -0.3 is 9.84 Å². The molecule has 0 aliphatic carbocycles. The summed E-state index contributed by atoms with van der Waals surface area (Å²) in [7, 11) is 0. The van der Waals surface area contributed by atoms with E-state index >= 15 is 0 Å². The normalized spacial score (nSPS) is 12.2. The summed E-state index contributed by atoms with van der Waals surface area (Å²) in [5.74, 6) is -2.59. The lowest BCUT2D eigenvalue weighted by Crippen LogP contribution is -2.21. The third kappa shape index (κ3) is 2.95. The SMILES string of the molecule is O=C(O)C(F)Oc1cc(F)cc(Br)c1. The largest absolute Gasteiger partial charge is 0.476 e. The van der Waals surface area contributed by atoms with Gasteiger partial charge in [-0.3, -0.25) is 0 Å². The van der Waals surface area contributed by atoms with Crippen molar-refractivity contribution in [1.29, 1.82) is 0 Å². The van der Waals surface area contributed by atoms with Gasteiger partial charge in [0.2, 0.25) is 0 Å². The second-order valence-corrected chi connectivity index (χ2v) is 3.29. The van der Waals surface area contributed by atoms with E-state index in [1.165, 1.54) is 6.07 Å². The number of rotatable bonds is 3. The van der Waals surface area contributed by atoms with Crippen molar-refractivity contribution in [1.82, 2.24) is 0 Å². The number of aliphatic carboxylic acids is 1. The zero-order valence-electron chi connectivity index (χ0n) is 6.71. The first-order valence-electron chi connectivity index (χ1n) is 3.48. The Morgan fingerprint density at radius 2 is 2.14 bits per heavy atom. The summed E-state index contributed by atoms with van der Waals surface area (Å²) in [6.45, 7) is 0. The van der Waals surface area contributed by atoms with Crippen molar-refractivity contribution in [3.8, 4) is 5.75 Å². The van der Waals surface area contributed by atoms with Gasteiger partial charge in [0.25, 0.3) is 0 Å². The van der Waals surface area contributed by atoms with Crippen molar-refractivity contribution < 1.29 is 23.4 Å². The number of hydrogen-bond acceptors (Lipinski definition) is 2. The Morgan fingerprint density at radius 1 is 1.50 bits per heavy atom. The van der Waals surface area contributed by atoms with E-state index in [4.69, 9.17) is 5.11 Å². The number of halogens is 3. The number of alkyl halides is 1. The molecule has 0 spiro atoms. The molecule has 0 saturated heterocycles. The molecule has 1 atom stereocenters. The van der Waals surface area contributed by atoms with Gasteiger partial charge in [0.1, 0.15) is 11.6 Å². The lowest BCUT2D eigenvalue weighted by Gasteiger charge is -2.07. The summed E-state index contributed by atoms with van der Waals surface area (Å²) in [5, 5.41) is 8.18. The van der Waals surface area contributed by atoms with Gasteiger partial charge in [-0.25, -0.2) is 9.18 Å². The Hall–Kier alpha value is -1.17. The number of benzene rings is 1. The fourth-order valence-electron chi connectivity index (χ4n) is 0.766. The molecule has 1 unspecified atom stereocenters. The zero-order chi connectivity index (χ0) is 10.7. The molecule has 0 aromatic heterocycles. The Balaban J connectivity index is 2.81. The average Bonchev–Trinajstić information content (AvgIpc) is 2.01. The van der Waals surface area contributed by atoms with Crippen LogP contribution in [0.4, 0.5) is 8.78 Å². The van der Waals surface area contributed by atoms with Crippen molar-refractivity contribution >= 4 is 21.9 Å². The van der Waals surface area contributed by atoms with Crippen LogP contribution >= 0.6 is 15.9 Å². The minimum absolute atomic E-state index is 0.188. The molecule has 1 aromatic rings. The maximum atomic E-state index is 12.7. The van der Waals surface area contributed by atoms with Crippen LogP contribution in [0.2, 0.25) is 0 Å². The molecule has 0 fully saturated rings. The Labute approximate surface area is 86.4 Å². The minimum Gasteiger partial charge on any atom is -0.476 e. The molecule has 0 aliphatic heterocycles. The van der Waals surface area contributed by atoms with E-state index in [1.807, 2.05) is 0 Å². The van der Waals surface area contributed by atoms with E-state index in [-0.39, 0.29) is 5.75 Å². The van der Waals surface area contributed by atoms with E-state index in [0.717, 1.165) is 12.1 Å². The quantitative estimate of drug-likeness (QED) is 0.914. The molecule has 0 saturated carbocycles. The van der Waals surface area contributed by atoms with Crippen LogP contribution < -0.4 is 4.74 Å². The van der Waals surface area contributed by atoms with E-state index in [9.17, 15) is 13.6 Å². The second-order valence-electron chi connectivity index (χ2n) is 2.38. The first kappa shape index (κ1) is 10.9. The molecule has 1 rings (SSSR count). The molecule has 0 bridgehead atoms. The monoisotopic (exact) mass is 266 g/mol. The molecular formula is C8H5BrF2O3. The number of carbonyl (C=O) groups is 1. The highest BCUT2D eigenvalue weighted by Gasteiger charge is 2.17. The van der Waals surface area contributed by atoms with Crippen LogP contribution in [0.15, 0.2) is 22.7 Å². The fourth-order valence-corrected chi connectivity index (χ4v) is 1.21. The molecule has 1 N–H and O–H groups in total. The predicted octanol–water partition coefficient (Wildman–Crippen LogP) is 2.35. The summed E-state index contributed by atoms with van der Waals surface area (Å²) < 4.78 is 29.9. The molecule has 0 heterocycles. The van der Waals surface area contributed by atoms with E-state index in [2.05, 4.69) is 20.7 Å². The van der Waals surface area contributed by atoms with Crippen LogP contribution in [0.3, 0.4) is 0 Å². The first-order valence-corrected chi connectivity index (χ1v) is 4.28. The minimum atomic E-state index is -2.50. The molecule has 3 nitrogen and oxygen atoms in total. The first-order chi connectivity index (χ1) is 6.49. The van der Waals surface area contributed by atoms with Crippen LogP contribution in [0, 0.1) is 5.82 Å². The van der Waals surface area contributed by atoms with Crippen LogP contribution in [-0.2, 0) is 4.79 Å². The molecular weight excluding hydrogens is 262 g/mol. The maximum Gasteiger partial charge on any atom is 0.378 e. The summed E-state index contributed by atoms with van der Waals surface area (Å²) in [4.78, 5) is 10.1. The van der Waals surface area contributed by atoms with E-state index in [1.54, 1.807) is 0 Å².